The van der Waals surface area contributed by atoms with Gasteiger partial charge in [-0.05, 0) is 50.5 Å². The van der Waals surface area contributed by atoms with Gasteiger partial charge in [-0.3, -0.25) is 4.79 Å². The molecule has 1 aromatic rings. The van der Waals surface area contributed by atoms with E-state index >= 15 is 0 Å². The molecule has 5 heteroatoms. The first kappa shape index (κ1) is 13.4. The molecule has 0 aliphatic carbocycles. The number of hydrogen-bond donors (Lipinski definition) is 2. The zero-order chi connectivity index (χ0) is 14.2. The minimum Gasteiger partial charge on any atom is -0.508 e. The number of carbonyl (C=O) groups is 2. The van der Waals surface area contributed by atoms with Crippen molar-refractivity contribution in [1.82, 2.24) is 4.90 Å². The average molecular weight is 263 g/mol. The molecule has 1 fully saturated rings. The number of hydrogen-bond acceptors (Lipinski definition) is 3. The fourth-order valence-corrected chi connectivity index (χ4v) is 2.46. The third kappa shape index (κ3) is 2.16. The van der Waals surface area contributed by atoms with Gasteiger partial charge in [-0.2, -0.15) is 0 Å². The maximum atomic E-state index is 12.4. The molecule has 1 aliphatic rings. The largest absolute Gasteiger partial charge is 0.508 e. The predicted molar refractivity (Wildman–Crippen MR) is 69.2 cm³/mol. The molecule has 19 heavy (non-hydrogen) atoms. The summed E-state index contributed by atoms with van der Waals surface area (Å²) in [4.78, 5) is 25.2. The van der Waals surface area contributed by atoms with Gasteiger partial charge in [0.2, 0.25) is 0 Å². The lowest BCUT2D eigenvalue weighted by Gasteiger charge is -2.31. The predicted octanol–water partition coefficient (Wildman–Crippen LogP) is 1.78. The Morgan fingerprint density at radius 3 is 2.63 bits per heavy atom. The molecule has 5 nitrogen and oxygen atoms in total. The number of carboxylic acid groups (broad SMARTS) is 1. The number of phenols is 1. The molecule has 1 saturated heterocycles. The first-order valence-corrected chi connectivity index (χ1v) is 6.21. The molecule has 0 aromatic heterocycles. The van der Waals surface area contributed by atoms with Crippen LogP contribution in [0.5, 0.6) is 5.75 Å². The lowest BCUT2D eigenvalue weighted by atomic mass is 9.98. The number of aliphatic carboxylic acids is 1. The van der Waals surface area contributed by atoms with E-state index in [0.29, 0.717) is 30.5 Å². The maximum absolute atomic E-state index is 12.4. The number of amides is 1. The minimum atomic E-state index is -1.14. The summed E-state index contributed by atoms with van der Waals surface area (Å²) in [6.07, 6.45) is 1.15. The van der Waals surface area contributed by atoms with E-state index in [4.69, 9.17) is 0 Å². The molecule has 1 atom stereocenters. The zero-order valence-electron chi connectivity index (χ0n) is 11.0. The molecule has 1 amide bonds. The van der Waals surface area contributed by atoms with Crippen molar-refractivity contribution in [3.63, 3.8) is 0 Å². The fourth-order valence-electron chi connectivity index (χ4n) is 2.46. The van der Waals surface area contributed by atoms with E-state index in [2.05, 4.69) is 0 Å². The number of carbonyl (C=O) groups excluding carboxylic acids is 1. The van der Waals surface area contributed by atoms with Crippen LogP contribution in [-0.4, -0.2) is 39.1 Å². The van der Waals surface area contributed by atoms with Crippen molar-refractivity contribution in [2.75, 3.05) is 6.54 Å². The average Bonchev–Trinajstić information content (AvgIpc) is 2.75. The van der Waals surface area contributed by atoms with Crippen LogP contribution in [-0.2, 0) is 4.79 Å². The molecule has 0 spiro atoms. The van der Waals surface area contributed by atoms with Crippen LogP contribution in [0.2, 0.25) is 0 Å². The van der Waals surface area contributed by atoms with Crippen molar-refractivity contribution in [3.05, 3.63) is 29.3 Å². The highest BCUT2D eigenvalue weighted by atomic mass is 16.4. The van der Waals surface area contributed by atoms with Crippen LogP contribution in [0.4, 0.5) is 0 Å². The van der Waals surface area contributed by atoms with Crippen LogP contribution in [0.1, 0.15) is 35.7 Å². The van der Waals surface area contributed by atoms with Gasteiger partial charge in [0.15, 0.2) is 0 Å². The Kier molecular flexibility index (Phi) is 3.22. The molecule has 1 aromatic carbocycles. The Balaban J connectivity index is 2.33. The monoisotopic (exact) mass is 263 g/mol. The van der Waals surface area contributed by atoms with Crippen molar-refractivity contribution in [2.45, 2.75) is 32.2 Å². The van der Waals surface area contributed by atoms with Crippen molar-refractivity contribution < 1.29 is 19.8 Å². The summed E-state index contributed by atoms with van der Waals surface area (Å²) < 4.78 is 0. The van der Waals surface area contributed by atoms with Crippen molar-refractivity contribution in [3.8, 4) is 5.75 Å². The van der Waals surface area contributed by atoms with Gasteiger partial charge in [0.1, 0.15) is 11.3 Å². The summed E-state index contributed by atoms with van der Waals surface area (Å²) in [5.74, 6) is -1.15. The van der Waals surface area contributed by atoms with Crippen molar-refractivity contribution >= 4 is 11.9 Å². The second-order valence-electron chi connectivity index (χ2n) is 5.14. The summed E-state index contributed by atoms with van der Waals surface area (Å²) in [7, 11) is 0. The Bertz CT molecular complexity index is 540. The van der Waals surface area contributed by atoms with E-state index < -0.39 is 11.5 Å². The SMILES string of the molecule is Cc1cc(C(=O)N2CCCC2(C)C(=O)O)ccc1O. The second kappa shape index (κ2) is 4.57. The summed E-state index contributed by atoms with van der Waals surface area (Å²) in [5.41, 5.74) is -0.130. The quantitative estimate of drug-likeness (QED) is 0.852. The molecule has 102 valence electrons. The molecule has 1 heterocycles. The highest BCUT2D eigenvalue weighted by molar-refractivity contribution is 5.98. The lowest BCUT2D eigenvalue weighted by molar-refractivity contribution is -0.147. The number of likely N-dealkylation sites (tertiary alicyclic amines) is 1. The number of carboxylic acids is 1. The smallest absolute Gasteiger partial charge is 0.329 e. The highest BCUT2D eigenvalue weighted by Crippen LogP contribution is 2.31. The Morgan fingerprint density at radius 2 is 2.05 bits per heavy atom. The molecule has 1 aliphatic heterocycles. The number of aromatic hydroxyl groups is 1. The Morgan fingerprint density at radius 1 is 1.37 bits per heavy atom. The normalized spacial score (nSPS) is 22.5. The topological polar surface area (TPSA) is 77.8 Å². The van der Waals surface area contributed by atoms with Crippen LogP contribution in [0, 0.1) is 6.92 Å². The third-order valence-electron chi connectivity index (χ3n) is 3.79. The van der Waals surface area contributed by atoms with Gasteiger partial charge < -0.3 is 15.1 Å². The molecule has 2 rings (SSSR count). The molecule has 1 unspecified atom stereocenters. The number of aryl methyl sites for hydroxylation is 1. The van der Waals surface area contributed by atoms with Gasteiger partial charge in [-0.25, -0.2) is 4.79 Å². The second-order valence-corrected chi connectivity index (χ2v) is 5.14. The van der Waals surface area contributed by atoms with Gasteiger partial charge in [0.25, 0.3) is 5.91 Å². The van der Waals surface area contributed by atoms with E-state index in [1.165, 1.54) is 17.0 Å². The number of nitrogens with zero attached hydrogens (tertiary/aromatic N) is 1. The van der Waals surface area contributed by atoms with Crippen LogP contribution < -0.4 is 0 Å². The number of benzene rings is 1. The molecule has 2 N–H and O–H groups in total. The first-order chi connectivity index (χ1) is 8.86. The van der Waals surface area contributed by atoms with Gasteiger partial charge in [-0.1, -0.05) is 0 Å². The van der Waals surface area contributed by atoms with E-state index in [-0.39, 0.29) is 11.7 Å². The third-order valence-corrected chi connectivity index (χ3v) is 3.79. The molecule has 0 radical (unpaired) electrons. The van der Waals surface area contributed by atoms with E-state index in [1.807, 2.05) is 0 Å². The molecule has 0 bridgehead atoms. The van der Waals surface area contributed by atoms with Gasteiger partial charge >= 0.3 is 5.97 Å². The fraction of sp³-hybridized carbons (Fsp3) is 0.429. The summed E-state index contributed by atoms with van der Waals surface area (Å²) in [6, 6.07) is 4.56. The number of rotatable bonds is 2. The van der Waals surface area contributed by atoms with Crippen molar-refractivity contribution in [2.24, 2.45) is 0 Å². The minimum absolute atomic E-state index is 0.124. The van der Waals surface area contributed by atoms with Gasteiger partial charge in [0, 0.05) is 12.1 Å². The summed E-state index contributed by atoms with van der Waals surface area (Å²) in [6.45, 7) is 3.72. The van der Waals surface area contributed by atoms with E-state index in [1.54, 1.807) is 19.9 Å². The van der Waals surface area contributed by atoms with Crippen LogP contribution in [0.15, 0.2) is 18.2 Å². The summed E-state index contributed by atoms with van der Waals surface area (Å²) >= 11 is 0. The van der Waals surface area contributed by atoms with E-state index in [9.17, 15) is 19.8 Å². The van der Waals surface area contributed by atoms with Crippen LogP contribution >= 0.6 is 0 Å². The lowest BCUT2D eigenvalue weighted by Crippen LogP contribution is -2.50. The highest BCUT2D eigenvalue weighted by Gasteiger charge is 2.46. The standard InChI is InChI=1S/C14H17NO4/c1-9-8-10(4-5-11(9)16)12(17)15-7-3-6-14(15,2)13(18)19/h4-5,8,16H,3,6-7H2,1-2H3,(H,18,19). The van der Waals surface area contributed by atoms with Crippen LogP contribution in [0.3, 0.4) is 0 Å². The molecular formula is C14H17NO4. The molecular weight excluding hydrogens is 246 g/mol. The number of phenolic OH excluding ortho intramolecular Hbond substituents is 1. The first-order valence-electron chi connectivity index (χ1n) is 6.21. The van der Waals surface area contributed by atoms with Crippen molar-refractivity contribution in [1.29, 1.82) is 0 Å². The zero-order valence-corrected chi connectivity index (χ0v) is 11.0. The van der Waals surface area contributed by atoms with Gasteiger partial charge in [0.05, 0.1) is 0 Å². The van der Waals surface area contributed by atoms with Crippen LogP contribution in [0.25, 0.3) is 0 Å². The Labute approximate surface area is 111 Å². The maximum Gasteiger partial charge on any atom is 0.329 e. The molecule has 0 saturated carbocycles. The summed E-state index contributed by atoms with van der Waals surface area (Å²) in [5, 5.41) is 18.8. The van der Waals surface area contributed by atoms with E-state index in [0.717, 1.165) is 0 Å². The van der Waals surface area contributed by atoms with Gasteiger partial charge in [-0.15, -0.1) is 0 Å². The Hall–Kier alpha value is -2.04.